The third-order valence-corrected chi connectivity index (χ3v) is 6.44. The molecule has 0 saturated heterocycles. The molecule has 2 aromatic heterocycles. The van der Waals surface area contributed by atoms with Crippen molar-refractivity contribution in [3.63, 3.8) is 0 Å². The molecule has 0 spiro atoms. The maximum atomic E-state index is 6.20. The van der Waals surface area contributed by atoms with Crippen molar-refractivity contribution in [1.82, 2.24) is 10.3 Å². The maximum Gasteiger partial charge on any atom is 0.115 e. The molecule has 1 atom stereocenters. The highest BCUT2D eigenvalue weighted by Crippen LogP contribution is 2.39. The van der Waals surface area contributed by atoms with Gasteiger partial charge in [-0.2, -0.15) is 0 Å². The quantitative estimate of drug-likeness (QED) is 0.671. The Morgan fingerprint density at radius 1 is 1.33 bits per heavy atom. The third-order valence-electron chi connectivity index (χ3n) is 2.99. The smallest absolute Gasteiger partial charge is 0.115 e. The lowest BCUT2D eigenvalue weighted by Gasteiger charge is -2.19. The fraction of sp³-hybridized carbons (Fsp3) is 0.533. The van der Waals surface area contributed by atoms with Crippen LogP contribution in [0.2, 0.25) is 4.34 Å². The van der Waals surface area contributed by atoms with E-state index >= 15 is 0 Å². The molecule has 0 fully saturated rings. The molecule has 0 amide bonds. The number of hydrogen-bond acceptors (Lipinski definition) is 4. The summed E-state index contributed by atoms with van der Waals surface area (Å²) in [5, 5.41) is 6.85. The second-order valence-corrected chi connectivity index (χ2v) is 9.78. The van der Waals surface area contributed by atoms with Gasteiger partial charge in [0.05, 0.1) is 11.7 Å². The first-order valence-corrected chi connectivity index (χ1v) is 9.72. The molecule has 0 aromatic carbocycles. The van der Waals surface area contributed by atoms with E-state index < -0.39 is 0 Å². The molecule has 2 rings (SSSR count). The molecule has 2 nitrogen and oxygen atoms in total. The van der Waals surface area contributed by atoms with Crippen molar-refractivity contribution in [2.24, 2.45) is 0 Å². The molecule has 0 saturated carbocycles. The van der Waals surface area contributed by atoms with Crippen LogP contribution in [0.15, 0.2) is 15.9 Å². The summed E-state index contributed by atoms with van der Waals surface area (Å²) >= 11 is 13.0. The zero-order chi connectivity index (χ0) is 15.8. The second-order valence-electron chi connectivity index (χ2n) is 6.35. The minimum absolute atomic E-state index is 0.0742. The van der Waals surface area contributed by atoms with Gasteiger partial charge in [0, 0.05) is 26.2 Å². The number of thiophene rings is 1. The molecular formula is C15H20BrClN2S2. The Hall–Kier alpha value is 0.0600. The lowest BCUT2D eigenvalue weighted by molar-refractivity contribution is 0.524. The summed E-state index contributed by atoms with van der Waals surface area (Å²) < 4.78 is 1.74. The van der Waals surface area contributed by atoms with E-state index in [-0.39, 0.29) is 11.5 Å². The molecule has 1 N–H and O–H groups in total. The molecule has 2 aromatic rings. The highest BCUT2D eigenvalue weighted by Gasteiger charge is 2.24. The van der Waals surface area contributed by atoms with Gasteiger partial charge in [-0.15, -0.1) is 22.7 Å². The minimum Gasteiger partial charge on any atom is -0.301 e. The molecule has 0 aliphatic heterocycles. The molecule has 0 bridgehead atoms. The molecule has 21 heavy (non-hydrogen) atoms. The van der Waals surface area contributed by atoms with Gasteiger partial charge in [0.25, 0.3) is 0 Å². The van der Waals surface area contributed by atoms with Crippen molar-refractivity contribution in [3.8, 4) is 0 Å². The average molecular weight is 408 g/mol. The zero-order valence-electron chi connectivity index (χ0n) is 12.8. The number of halogens is 2. The normalized spacial score (nSPS) is 13.9. The van der Waals surface area contributed by atoms with Gasteiger partial charge >= 0.3 is 0 Å². The molecule has 6 heteroatoms. The summed E-state index contributed by atoms with van der Waals surface area (Å²) in [6, 6.07) is 2.56. The second kappa shape index (κ2) is 6.67. The fourth-order valence-electron chi connectivity index (χ4n) is 1.88. The third kappa shape index (κ3) is 4.29. The number of thiazole rings is 1. The Balaban J connectivity index is 2.38. The van der Waals surface area contributed by atoms with Gasteiger partial charge in [0.1, 0.15) is 9.34 Å². The van der Waals surface area contributed by atoms with Crippen molar-refractivity contribution in [2.75, 3.05) is 0 Å². The van der Waals surface area contributed by atoms with Crippen LogP contribution >= 0.6 is 50.2 Å². The van der Waals surface area contributed by atoms with E-state index in [9.17, 15) is 0 Å². The van der Waals surface area contributed by atoms with Crippen LogP contribution in [0.1, 0.15) is 56.2 Å². The summed E-state index contributed by atoms with van der Waals surface area (Å²) in [7, 11) is 0. The van der Waals surface area contributed by atoms with E-state index in [0.29, 0.717) is 6.04 Å². The summed E-state index contributed by atoms with van der Waals surface area (Å²) in [6.07, 6.45) is 0. The zero-order valence-corrected chi connectivity index (χ0v) is 16.8. The van der Waals surface area contributed by atoms with Crippen molar-refractivity contribution in [2.45, 2.75) is 52.1 Å². The number of nitrogens with one attached hydrogen (secondary N) is 1. The van der Waals surface area contributed by atoms with Crippen LogP contribution in [-0.2, 0) is 5.41 Å². The monoisotopic (exact) mass is 406 g/mol. The number of rotatable bonds is 4. The standard InChI is InChI=1S/C15H20BrClN2S2/c1-8(2)18-12(10-6-9(16)13(17)21-10)14-19-11(7-20-14)15(3,4)5/h6-8,12,18H,1-5H3. The Morgan fingerprint density at radius 3 is 2.43 bits per heavy atom. The van der Waals surface area contributed by atoms with Gasteiger partial charge in [-0.1, -0.05) is 32.4 Å². The highest BCUT2D eigenvalue weighted by molar-refractivity contribution is 9.10. The van der Waals surface area contributed by atoms with Gasteiger partial charge in [-0.25, -0.2) is 4.98 Å². The van der Waals surface area contributed by atoms with Crippen molar-refractivity contribution < 1.29 is 0 Å². The maximum absolute atomic E-state index is 6.20. The highest BCUT2D eigenvalue weighted by atomic mass is 79.9. The van der Waals surface area contributed by atoms with E-state index in [1.807, 2.05) is 0 Å². The largest absolute Gasteiger partial charge is 0.301 e. The molecule has 116 valence electrons. The number of aromatic nitrogens is 1. The molecule has 0 aliphatic rings. The van der Waals surface area contributed by atoms with E-state index in [0.717, 1.165) is 19.5 Å². The van der Waals surface area contributed by atoms with E-state index in [2.05, 4.69) is 67.3 Å². The first-order valence-electron chi connectivity index (χ1n) is 6.85. The van der Waals surface area contributed by atoms with Gasteiger partial charge < -0.3 is 5.32 Å². The predicted molar refractivity (Wildman–Crippen MR) is 98.0 cm³/mol. The minimum atomic E-state index is 0.0742. The van der Waals surface area contributed by atoms with Crippen LogP contribution in [0.5, 0.6) is 0 Å². The van der Waals surface area contributed by atoms with Gasteiger partial charge in [-0.05, 0) is 35.8 Å². The Kier molecular flexibility index (Phi) is 5.53. The topological polar surface area (TPSA) is 24.9 Å². The Morgan fingerprint density at radius 2 is 2.00 bits per heavy atom. The SMILES string of the molecule is CC(C)NC(c1cc(Br)c(Cl)s1)c1nc(C(C)(C)C)cs1. The van der Waals surface area contributed by atoms with Crippen LogP contribution in [0.4, 0.5) is 0 Å². The Bertz CT molecular complexity index is 594. The molecule has 1 unspecified atom stereocenters. The van der Waals surface area contributed by atoms with Crippen LogP contribution in [0.25, 0.3) is 0 Å². The first-order chi connectivity index (χ1) is 9.68. The van der Waals surface area contributed by atoms with Crippen molar-refractivity contribution >= 4 is 50.2 Å². The number of nitrogens with zero attached hydrogens (tertiary/aromatic N) is 1. The summed E-state index contributed by atoms with van der Waals surface area (Å²) in [4.78, 5) is 6.04. The molecular weight excluding hydrogens is 388 g/mol. The van der Waals surface area contributed by atoms with Crippen molar-refractivity contribution in [1.29, 1.82) is 0 Å². The van der Waals surface area contributed by atoms with Crippen LogP contribution < -0.4 is 5.32 Å². The predicted octanol–water partition coefficient (Wildman–Crippen LogP) is 6.01. The van der Waals surface area contributed by atoms with E-state index in [1.54, 1.807) is 22.7 Å². The average Bonchev–Trinajstić information content (AvgIpc) is 2.94. The lowest BCUT2D eigenvalue weighted by Crippen LogP contribution is -2.28. The van der Waals surface area contributed by atoms with E-state index in [4.69, 9.17) is 16.6 Å². The van der Waals surface area contributed by atoms with Gasteiger partial charge in [0.15, 0.2) is 0 Å². The van der Waals surface area contributed by atoms with E-state index in [1.165, 1.54) is 4.88 Å². The fourth-order valence-corrected chi connectivity index (χ4v) is 4.87. The first kappa shape index (κ1) is 17.4. The molecule has 2 heterocycles. The summed E-state index contributed by atoms with van der Waals surface area (Å²) in [6.45, 7) is 10.9. The van der Waals surface area contributed by atoms with Crippen LogP contribution in [-0.4, -0.2) is 11.0 Å². The van der Waals surface area contributed by atoms with Crippen molar-refractivity contribution in [3.05, 3.63) is 35.8 Å². The summed E-state index contributed by atoms with van der Waals surface area (Å²) in [5.41, 5.74) is 1.21. The molecule has 0 radical (unpaired) electrons. The van der Waals surface area contributed by atoms with Gasteiger partial charge in [-0.3, -0.25) is 0 Å². The van der Waals surface area contributed by atoms with Crippen LogP contribution in [0.3, 0.4) is 0 Å². The molecule has 0 aliphatic carbocycles. The van der Waals surface area contributed by atoms with Crippen LogP contribution in [0, 0.1) is 0 Å². The van der Waals surface area contributed by atoms with Gasteiger partial charge in [0.2, 0.25) is 0 Å². The number of hydrogen-bond donors (Lipinski definition) is 1. The lowest BCUT2D eigenvalue weighted by atomic mass is 9.93. The Labute approximate surface area is 148 Å². The summed E-state index contributed by atoms with van der Waals surface area (Å²) in [5.74, 6) is 0.